The van der Waals surface area contributed by atoms with Gasteiger partial charge in [0.25, 0.3) is 0 Å². The van der Waals surface area contributed by atoms with Crippen LogP contribution in [0.1, 0.15) is 19.8 Å². The van der Waals surface area contributed by atoms with Crippen molar-refractivity contribution >= 4 is 32.6 Å². The van der Waals surface area contributed by atoms with E-state index in [1.165, 1.54) is 0 Å². The van der Waals surface area contributed by atoms with E-state index in [2.05, 4.69) is 27.3 Å². The Kier molecular flexibility index (Phi) is 5.84. The first-order valence-electron chi connectivity index (χ1n) is 5.35. The number of nitrogens with one attached hydrogen (secondary N) is 1. The molecule has 96 valence electrons. The van der Waals surface area contributed by atoms with Crippen molar-refractivity contribution in [3.05, 3.63) is 27.8 Å². The molecule has 0 aliphatic carbocycles. The van der Waals surface area contributed by atoms with E-state index < -0.39 is 16.1 Å². The van der Waals surface area contributed by atoms with E-state index in [4.69, 9.17) is 5.11 Å². The molecule has 0 amide bonds. The molecule has 4 nitrogen and oxygen atoms in total. The molecule has 0 radical (unpaired) electrons. The van der Waals surface area contributed by atoms with Crippen LogP contribution in [0.25, 0.3) is 0 Å². The summed E-state index contributed by atoms with van der Waals surface area (Å²) in [6.07, 6.45) is 0.828. The number of aliphatic hydroxyl groups excluding tert-OH is 1. The number of aliphatic hydroxyl groups is 1. The molecule has 0 aliphatic heterocycles. The molecule has 2 N–H and O–H groups in total. The van der Waals surface area contributed by atoms with Crippen LogP contribution in [0.3, 0.4) is 0 Å². The zero-order valence-electron chi connectivity index (χ0n) is 9.56. The van der Waals surface area contributed by atoms with Gasteiger partial charge in [-0.05, 0) is 66.6 Å². The van der Waals surface area contributed by atoms with Crippen LogP contribution < -0.4 is 4.72 Å². The molecule has 0 spiro atoms. The summed E-state index contributed by atoms with van der Waals surface area (Å²) in [6.45, 7) is 2.03. The van der Waals surface area contributed by atoms with Crippen molar-refractivity contribution in [3.8, 4) is 0 Å². The predicted molar refractivity (Wildman–Crippen MR) is 75.3 cm³/mol. The molecular formula is C11H16INO3S. The van der Waals surface area contributed by atoms with Crippen LogP contribution in [-0.4, -0.2) is 26.2 Å². The molecule has 0 saturated heterocycles. The van der Waals surface area contributed by atoms with Crippen molar-refractivity contribution in [3.63, 3.8) is 0 Å². The fraction of sp³-hybridized carbons (Fsp3) is 0.455. The third kappa shape index (κ3) is 5.33. The average Bonchev–Trinajstić information content (AvgIpc) is 2.25. The molecule has 1 aromatic rings. The van der Waals surface area contributed by atoms with E-state index in [9.17, 15) is 8.42 Å². The van der Waals surface area contributed by atoms with Crippen LogP contribution >= 0.6 is 22.6 Å². The molecular weight excluding hydrogens is 353 g/mol. The maximum atomic E-state index is 11.8. The zero-order chi connectivity index (χ0) is 12.9. The maximum Gasteiger partial charge on any atom is 0.240 e. The van der Waals surface area contributed by atoms with Crippen LogP contribution in [0.5, 0.6) is 0 Å². The fourth-order valence-electron chi connectivity index (χ4n) is 1.30. The summed E-state index contributed by atoms with van der Waals surface area (Å²) in [5.74, 6) is 0. The van der Waals surface area contributed by atoms with Gasteiger partial charge in [0.2, 0.25) is 10.0 Å². The predicted octanol–water partition coefficient (Wildman–Crippen LogP) is 1.73. The minimum absolute atomic E-state index is 0.273. The first-order valence-corrected chi connectivity index (χ1v) is 7.91. The number of hydrogen-bond donors (Lipinski definition) is 2. The van der Waals surface area contributed by atoms with Gasteiger partial charge < -0.3 is 5.11 Å². The SMILES string of the molecule is CC(O)CCCNS(=O)(=O)c1ccc(I)cc1. The Balaban J connectivity index is 2.54. The third-order valence-corrected chi connectivity index (χ3v) is 4.41. The summed E-state index contributed by atoms with van der Waals surface area (Å²) in [4.78, 5) is 0.273. The highest BCUT2D eigenvalue weighted by molar-refractivity contribution is 14.1. The Hall–Kier alpha value is -0.180. The van der Waals surface area contributed by atoms with E-state index >= 15 is 0 Å². The second kappa shape index (κ2) is 6.67. The average molecular weight is 369 g/mol. The van der Waals surface area contributed by atoms with E-state index in [-0.39, 0.29) is 4.90 Å². The Morgan fingerprint density at radius 3 is 2.47 bits per heavy atom. The number of sulfonamides is 1. The molecule has 0 aromatic heterocycles. The quantitative estimate of drug-likeness (QED) is 0.593. The highest BCUT2D eigenvalue weighted by atomic mass is 127. The van der Waals surface area contributed by atoms with Gasteiger partial charge in [0.15, 0.2) is 0 Å². The fourth-order valence-corrected chi connectivity index (χ4v) is 2.73. The molecule has 1 aromatic carbocycles. The smallest absolute Gasteiger partial charge is 0.240 e. The minimum Gasteiger partial charge on any atom is -0.393 e. The summed E-state index contributed by atoms with van der Waals surface area (Å²) >= 11 is 2.12. The van der Waals surface area contributed by atoms with Crippen molar-refractivity contribution in [1.82, 2.24) is 4.72 Å². The van der Waals surface area contributed by atoms with E-state index in [0.717, 1.165) is 3.57 Å². The second-order valence-corrected chi connectivity index (χ2v) is 6.86. The van der Waals surface area contributed by atoms with E-state index in [1.54, 1.807) is 31.2 Å². The van der Waals surface area contributed by atoms with Gasteiger partial charge in [-0.3, -0.25) is 0 Å². The Labute approximate surface area is 116 Å². The first kappa shape index (κ1) is 14.9. The molecule has 1 rings (SSSR count). The van der Waals surface area contributed by atoms with Gasteiger partial charge in [-0.2, -0.15) is 0 Å². The van der Waals surface area contributed by atoms with Crippen LogP contribution in [0.2, 0.25) is 0 Å². The summed E-state index contributed by atoms with van der Waals surface area (Å²) in [6, 6.07) is 6.67. The Morgan fingerprint density at radius 2 is 1.94 bits per heavy atom. The van der Waals surface area contributed by atoms with Gasteiger partial charge in [-0.15, -0.1) is 0 Å². The number of rotatable bonds is 6. The lowest BCUT2D eigenvalue weighted by atomic mass is 10.2. The first-order chi connectivity index (χ1) is 7.92. The minimum atomic E-state index is -3.41. The van der Waals surface area contributed by atoms with Gasteiger partial charge in [0.1, 0.15) is 0 Å². The Morgan fingerprint density at radius 1 is 1.35 bits per heavy atom. The van der Waals surface area contributed by atoms with Crippen molar-refractivity contribution in [1.29, 1.82) is 0 Å². The number of benzene rings is 1. The lowest BCUT2D eigenvalue weighted by molar-refractivity contribution is 0.182. The molecule has 0 heterocycles. The van der Waals surface area contributed by atoms with Gasteiger partial charge in [-0.25, -0.2) is 13.1 Å². The van der Waals surface area contributed by atoms with Gasteiger partial charge >= 0.3 is 0 Å². The van der Waals surface area contributed by atoms with Crippen LogP contribution in [0.4, 0.5) is 0 Å². The highest BCUT2D eigenvalue weighted by Gasteiger charge is 2.12. The van der Waals surface area contributed by atoms with Crippen LogP contribution in [0, 0.1) is 3.57 Å². The molecule has 6 heteroatoms. The van der Waals surface area contributed by atoms with Crippen molar-refractivity contribution in [2.45, 2.75) is 30.8 Å². The van der Waals surface area contributed by atoms with Crippen molar-refractivity contribution < 1.29 is 13.5 Å². The molecule has 17 heavy (non-hydrogen) atoms. The van der Waals surface area contributed by atoms with Gasteiger partial charge in [0.05, 0.1) is 11.0 Å². The topological polar surface area (TPSA) is 66.4 Å². The standard InChI is InChI=1S/C11H16INO3S/c1-9(14)3-2-8-13-17(15,16)11-6-4-10(12)5-7-11/h4-7,9,13-14H,2-3,8H2,1H3. The normalized spacial score (nSPS) is 13.6. The number of halogens is 1. The largest absolute Gasteiger partial charge is 0.393 e. The second-order valence-electron chi connectivity index (χ2n) is 3.84. The van der Waals surface area contributed by atoms with Crippen molar-refractivity contribution in [2.75, 3.05) is 6.54 Å². The molecule has 0 saturated carbocycles. The monoisotopic (exact) mass is 369 g/mol. The van der Waals surface area contributed by atoms with Gasteiger partial charge in [0, 0.05) is 10.1 Å². The maximum absolute atomic E-state index is 11.8. The molecule has 1 atom stereocenters. The summed E-state index contributed by atoms with van der Waals surface area (Å²) < 4.78 is 27.1. The third-order valence-electron chi connectivity index (χ3n) is 2.21. The molecule has 0 bridgehead atoms. The van der Waals surface area contributed by atoms with E-state index in [0.29, 0.717) is 19.4 Å². The van der Waals surface area contributed by atoms with Crippen LogP contribution in [0.15, 0.2) is 29.2 Å². The Bertz CT molecular complexity index is 442. The number of hydrogen-bond acceptors (Lipinski definition) is 3. The lowest BCUT2D eigenvalue weighted by Gasteiger charge is -2.07. The molecule has 0 aliphatic rings. The van der Waals surface area contributed by atoms with Crippen LogP contribution in [-0.2, 0) is 10.0 Å². The summed E-state index contributed by atoms with van der Waals surface area (Å²) in [5.41, 5.74) is 0. The van der Waals surface area contributed by atoms with E-state index in [1.807, 2.05) is 0 Å². The lowest BCUT2D eigenvalue weighted by Crippen LogP contribution is -2.25. The van der Waals surface area contributed by atoms with Gasteiger partial charge in [-0.1, -0.05) is 0 Å². The summed E-state index contributed by atoms with van der Waals surface area (Å²) in [5, 5.41) is 9.05. The molecule has 1 unspecified atom stereocenters. The van der Waals surface area contributed by atoms with Crippen molar-refractivity contribution in [2.24, 2.45) is 0 Å². The zero-order valence-corrected chi connectivity index (χ0v) is 12.5. The molecule has 0 fully saturated rings. The highest BCUT2D eigenvalue weighted by Crippen LogP contribution is 2.11. The summed E-state index contributed by atoms with van der Waals surface area (Å²) in [7, 11) is -3.41.